The molecule has 4 rings (SSSR count). The van der Waals surface area contributed by atoms with Crippen molar-refractivity contribution < 1.29 is 34.0 Å². The number of nitrogens with one attached hydrogen (secondary N) is 1. The fraction of sp³-hybridized carbons (Fsp3) is 0.692. The average Bonchev–Trinajstić information content (AvgIpc) is 3.66. The van der Waals surface area contributed by atoms with Crippen LogP contribution in [-0.4, -0.2) is 57.5 Å². The lowest BCUT2D eigenvalue weighted by molar-refractivity contribution is -0.124. The number of fused-ring (bicyclic) bond motifs is 4. The molecule has 0 aromatic heterocycles. The first-order chi connectivity index (χ1) is 16.1. The second-order valence-corrected chi connectivity index (χ2v) is 10.4. The molecule has 1 spiro atoms. The molecule has 8 heteroatoms. The summed E-state index contributed by atoms with van der Waals surface area (Å²) < 4.78 is 17.2. The van der Waals surface area contributed by atoms with Gasteiger partial charge in [-0.25, -0.2) is 0 Å². The van der Waals surface area contributed by atoms with E-state index < -0.39 is 35.6 Å². The third kappa shape index (κ3) is 4.81. The van der Waals surface area contributed by atoms with E-state index >= 15 is 0 Å². The molecule has 5 unspecified atom stereocenters. The van der Waals surface area contributed by atoms with Crippen molar-refractivity contribution in [1.82, 2.24) is 5.32 Å². The van der Waals surface area contributed by atoms with Crippen LogP contribution in [-0.2, 0) is 23.8 Å². The van der Waals surface area contributed by atoms with Gasteiger partial charge in [0.15, 0.2) is 5.60 Å². The van der Waals surface area contributed by atoms with Gasteiger partial charge in [-0.3, -0.25) is 9.59 Å². The number of ketones is 1. The molecule has 3 N–H and O–H groups in total. The lowest BCUT2D eigenvalue weighted by Gasteiger charge is -2.33. The van der Waals surface area contributed by atoms with E-state index in [4.69, 9.17) is 14.2 Å². The quantitative estimate of drug-likeness (QED) is 0.181. The Morgan fingerprint density at radius 3 is 2.41 bits per heavy atom. The molecular formula is C26H37NO7. The first-order valence-electron chi connectivity index (χ1n) is 12.4. The van der Waals surface area contributed by atoms with E-state index in [1.165, 1.54) is 38.7 Å². The van der Waals surface area contributed by atoms with Crippen molar-refractivity contribution in [2.75, 3.05) is 0 Å². The second kappa shape index (κ2) is 9.47. The Morgan fingerprint density at radius 1 is 1.12 bits per heavy atom. The summed E-state index contributed by atoms with van der Waals surface area (Å²) in [6, 6.07) is 0. The Morgan fingerprint density at radius 2 is 1.79 bits per heavy atom. The number of epoxide rings is 2. The number of carbonyl (C=O) groups excluding carboxylic acids is 2. The van der Waals surface area contributed by atoms with E-state index in [1.807, 2.05) is 6.92 Å². The Bertz CT molecular complexity index is 902. The zero-order valence-electron chi connectivity index (χ0n) is 20.5. The highest BCUT2D eigenvalue weighted by Gasteiger charge is 2.83. The number of hydrogen-bond donors (Lipinski definition) is 3. The van der Waals surface area contributed by atoms with Gasteiger partial charge in [-0.15, -0.1) is 0 Å². The maximum absolute atomic E-state index is 12.5. The van der Waals surface area contributed by atoms with Gasteiger partial charge < -0.3 is 29.7 Å². The second-order valence-electron chi connectivity index (χ2n) is 10.4. The molecule has 0 aromatic rings. The van der Waals surface area contributed by atoms with Crippen LogP contribution in [0.15, 0.2) is 35.4 Å². The number of Topliss-reactive ketones (excluding diaryl/α,β-unsaturated/α-hetero) is 1. The van der Waals surface area contributed by atoms with Crippen LogP contribution in [0.5, 0.6) is 0 Å². The third-order valence-corrected chi connectivity index (χ3v) is 7.29. The summed E-state index contributed by atoms with van der Waals surface area (Å²) in [5, 5.41) is 24.1. The van der Waals surface area contributed by atoms with Crippen molar-refractivity contribution in [2.45, 2.75) is 108 Å². The van der Waals surface area contributed by atoms with Gasteiger partial charge in [0.2, 0.25) is 5.91 Å². The molecule has 1 aliphatic carbocycles. The summed E-state index contributed by atoms with van der Waals surface area (Å²) in [5.74, 6) is -0.429. The largest absolute Gasteiger partial charge is 0.480 e. The highest BCUT2D eigenvalue weighted by Crippen LogP contribution is 2.63. The number of ether oxygens (including phenoxy) is 3. The highest BCUT2D eigenvalue weighted by atomic mass is 16.7. The van der Waals surface area contributed by atoms with Gasteiger partial charge in [-0.05, 0) is 26.2 Å². The molecule has 2 saturated heterocycles. The van der Waals surface area contributed by atoms with Crippen molar-refractivity contribution in [1.29, 1.82) is 0 Å². The summed E-state index contributed by atoms with van der Waals surface area (Å²) in [6.07, 6.45) is 9.38. The van der Waals surface area contributed by atoms with Crippen LogP contribution < -0.4 is 5.32 Å². The van der Waals surface area contributed by atoms with Gasteiger partial charge in [-0.2, -0.15) is 0 Å². The molecule has 34 heavy (non-hydrogen) atoms. The molecule has 3 fully saturated rings. The number of unbranched alkanes of at least 4 members (excludes halogenated alkanes) is 3. The maximum Gasteiger partial charge on any atom is 0.298 e. The zero-order valence-corrected chi connectivity index (χ0v) is 20.5. The molecule has 3 heterocycles. The van der Waals surface area contributed by atoms with E-state index in [2.05, 4.69) is 25.2 Å². The average molecular weight is 476 g/mol. The maximum atomic E-state index is 12.5. The predicted octanol–water partition coefficient (Wildman–Crippen LogP) is 3.36. The number of rotatable bonds is 11. The summed E-state index contributed by atoms with van der Waals surface area (Å²) in [6.45, 7) is 7.78. The Kier molecular flexibility index (Phi) is 6.95. The molecule has 5 atom stereocenters. The topological polar surface area (TPSA) is 121 Å². The molecule has 3 aliphatic heterocycles. The SMILES string of the molecule is CCCCCCC(C)C=C(C)C=CC(=O)NC1=C(O)OC2(C1)C1OC1C(O)(CC(C)=O)C1OC12. The van der Waals surface area contributed by atoms with Crippen LogP contribution >= 0.6 is 0 Å². The van der Waals surface area contributed by atoms with Crippen LogP contribution in [0.2, 0.25) is 0 Å². The number of allylic oxidation sites excluding steroid dienone is 3. The van der Waals surface area contributed by atoms with Crippen molar-refractivity contribution in [3.8, 4) is 0 Å². The lowest BCUT2D eigenvalue weighted by Crippen LogP contribution is -2.57. The Balaban J connectivity index is 1.31. The number of hydrogen-bond acceptors (Lipinski definition) is 7. The van der Waals surface area contributed by atoms with Gasteiger partial charge >= 0.3 is 0 Å². The van der Waals surface area contributed by atoms with Crippen LogP contribution in [0.4, 0.5) is 0 Å². The molecule has 0 aromatic carbocycles. The molecule has 1 amide bonds. The highest BCUT2D eigenvalue weighted by molar-refractivity contribution is 5.89. The van der Waals surface area contributed by atoms with Crippen molar-refractivity contribution >= 4 is 11.7 Å². The normalized spacial score (nSPS) is 36.8. The van der Waals surface area contributed by atoms with Crippen molar-refractivity contribution in [3.63, 3.8) is 0 Å². The van der Waals surface area contributed by atoms with E-state index in [9.17, 15) is 19.8 Å². The van der Waals surface area contributed by atoms with Crippen molar-refractivity contribution in [2.24, 2.45) is 5.92 Å². The first kappa shape index (κ1) is 24.9. The fourth-order valence-corrected chi connectivity index (χ4v) is 5.57. The van der Waals surface area contributed by atoms with E-state index in [0.29, 0.717) is 5.92 Å². The van der Waals surface area contributed by atoms with Gasteiger partial charge in [0.05, 0.1) is 0 Å². The summed E-state index contributed by atoms with van der Waals surface area (Å²) in [7, 11) is 0. The van der Waals surface area contributed by atoms with Crippen molar-refractivity contribution in [3.05, 3.63) is 35.4 Å². The Hall–Kier alpha value is -2.16. The number of aliphatic hydroxyl groups excluding tert-OH is 1. The van der Waals surface area contributed by atoms with Crippen LogP contribution in [0.1, 0.15) is 72.6 Å². The van der Waals surface area contributed by atoms with Crippen LogP contribution in [0.3, 0.4) is 0 Å². The minimum atomic E-state index is -1.38. The smallest absolute Gasteiger partial charge is 0.298 e. The molecule has 0 radical (unpaired) electrons. The number of amides is 1. The molecule has 1 saturated carbocycles. The minimum absolute atomic E-state index is 0.0521. The van der Waals surface area contributed by atoms with Gasteiger partial charge in [0.1, 0.15) is 41.5 Å². The van der Waals surface area contributed by atoms with Gasteiger partial charge in [-0.1, -0.05) is 57.3 Å². The molecule has 8 nitrogen and oxygen atoms in total. The molecular weight excluding hydrogens is 438 g/mol. The van der Waals surface area contributed by atoms with Gasteiger partial charge in [0.25, 0.3) is 5.95 Å². The number of aliphatic hydroxyl groups is 2. The van der Waals surface area contributed by atoms with E-state index in [1.54, 1.807) is 6.08 Å². The van der Waals surface area contributed by atoms with E-state index in [0.717, 1.165) is 12.0 Å². The van der Waals surface area contributed by atoms with Gasteiger partial charge in [0, 0.05) is 18.9 Å². The lowest BCUT2D eigenvalue weighted by atomic mass is 9.73. The summed E-state index contributed by atoms with van der Waals surface area (Å²) >= 11 is 0. The first-order valence-corrected chi connectivity index (χ1v) is 12.4. The fourth-order valence-electron chi connectivity index (χ4n) is 5.57. The van der Waals surface area contributed by atoms with Crippen LogP contribution in [0, 0.1) is 5.92 Å². The molecule has 188 valence electrons. The summed E-state index contributed by atoms with van der Waals surface area (Å²) in [5.41, 5.74) is -1.10. The third-order valence-electron chi connectivity index (χ3n) is 7.29. The van der Waals surface area contributed by atoms with Crippen LogP contribution in [0.25, 0.3) is 0 Å². The summed E-state index contributed by atoms with van der Waals surface area (Å²) in [4.78, 5) is 24.1. The molecule has 0 bridgehead atoms. The monoisotopic (exact) mass is 475 g/mol. The standard InChI is InChI=1S/C26H37NO7/c1-5-6-7-8-9-15(2)12-16(3)10-11-19(29)27-18-14-26(34-24(18)30)22-20(32-22)25(31,13-17(4)28)21-23(26)33-21/h10-12,15,20-23,30-31H,5-9,13-14H2,1-4H3,(H,27,29). The number of carbonyl (C=O) groups is 2. The molecule has 4 aliphatic rings. The Labute approximate surface area is 201 Å². The minimum Gasteiger partial charge on any atom is -0.480 e. The van der Waals surface area contributed by atoms with E-state index in [-0.39, 0.29) is 36.2 Å². The zero-order chi connectivity index (χ0) is 24.7. The predicted molar refractivity (Wildman–Crippen MR) is 125 cm³/mol.